The Labute approximate surface area is 232 Å². The third-order valence-electron chi connectivity index (χ3n) is 6.98. The van der Waals surface area contributed by atoms with Crippen LogP contribution in [0.2, 0.25) is 0 Å². The summed E-state index contributed by atoms with van der Waals surface area (Å²) in [6.45, 7) is 0.333. The molecule has 0 unspecified atom stereocenters. The third kappa shape index (κ3) is 6.99. The maximum absolute atomic E-state index is 12.5. The lowest BCUT2D eigenvalue weighted by molar-refractivity contribution is -0.144. The molecule has 1 aliphatic carbocycles. The summed E-state index contributed by atoms with van der Waals surface area (Å²) in [4.78, 5) is 48.7. The van der Waals surface area contributed by atoms with Gasteiger partial charge in [-0.15, -0.1) is 0 Å². The molecule has 0 bridgehead atoms. The van der Waals surface area contributed by atoms with Gasteiger partial charge in [0.25, 0.3) is 0 Å². The van der Waals surface area contributed by atoms with E-state index in [1.165, 1.54) is 45.8 Å². The normalized spacial score (nSPS) is 16.6. The minimum atomic E-state index is -1.13. The number of nitrogens with one attached hydrogen (secondary N) is 1. The number of ether oxygens (including phenoxy) is 1. The summed E-state index contributed by atoms with van der Waals surface area (Å²) in [6.07, 6.45) is 3.60. The van der Waals surface area contributed by atoms with Crippen LogP contribution >= 0.6 is 23.5 Å². The SMILES string of the molecule is NC(=O)C1(NC(=O)CCCCCCC(=O)OCC2c3ccccc3-c3ccccc32)CSCC(=O)CSC1. The van der Waals surface area contributed by atoms with Crippen molar-refractivity contribution in [3.63, 3.8) is 0 Å². The van der Waals surface area contributed by atoms with Crippen LogP contribution in [0.15, 0.2) is 48.5 Å². The fourth-order valence-electron chi connectivity index (χ4n) is 4.96. The van der Waals surface area contributed by atoms with Crippen molar-refractivity contribution >= 4 is 47.1 Å². The maximum Gasteiger partial charge on any atom is 0.305 e. The highest BCUT2D eigenvalue weighted by atomic mass is 32.2. The first-order chi connectivity index (χ1) is 18.4. The first-order valence-electron chi connectivity index (χ1n) is 13.0. The van der Waals surface area contributed by atoms with Crippen LogP contribution in [0.1, 0.15) is 55.6 Å². The topological polar surface area (TPSA) is 116 Å². The second-order valence-electron chi connectivity index (χ2n) is 9.84. The van der Waals surface area contributed by atoms with E-state index in [-0.39, 0.29) is 30.0 Å². The molecular weight excluding hydrogens is 520 g/mol. The lowest BCUT2D eigenvalue weighted by atomic mass is 9.98. The van der Waals surface area contributed by atoms with Crippen LogP contribution in [-0.4, -0.2) is 58.7 Å². The summed E-state index contributed by atoms with van der Waals surface area (Å²) in [5.41, 5.74) is 9.31. The number of benzene rings is 2. The number of amides is 2. The highest BCUT2D eigenvalue weighted by Gasteiger charge is 2.39. The van der Waals surface area contributed by atoms with Crippen LogP contribution in [0.3, 0.4) is 0 Å². The molecule has 1 saturated heterocycles. The third-order valence-corrected chi connectivity index (χ3v) is 9.43. The van der Waals surface area contributed by atoms with Crippen molar-refractivity contribution in [2.45, 2.75) is 50.0 Å². The molecule has 38 heavy (non-hydrogen) atoms. The van der Waals surface area contributed by atoms with Crippen LogP contribution in [0, 0.1) is 0 Å². The average Bonchev–Trinajstić information content (AvgIpc) is 3.21. The largest absolute Gasteiger partial charge is 0.465 e. The van der Waals surface area contributed by atoms with Crippen molar-refractivity contribution in [2.75, 3.05) is 29.6 Å². The Morgan fingerprint density at radius 2 is 1.42 bits per heavy atom. The number of primary amides is 1. The van der Waals surface area contributed by atoms with Gasteiger partial charge in [0.05, 0.1) is 11.5 Å². The van der Waals surface area contributed by atoms with Crippen molar-refractivity contribution in [1.82, 2.24) is 5.32 Å². The molecule has 202 valence electrons. The predicted octanol–water partition coefficient (Wildman–Crippen LogP) is 4.07. The van der Waals surface area contributed by atoms with E-state index in [9.17, 15) is 19.2 Å². The van der Waals surface area contributed by atoms with Gasteiger partial charge in [0.2, 0.25) is 11.8 Å². The summed E-state index contributed by atoms with van der Waals surface area (Å²) in [5, 5.41) is 2.84. The molecule has 0 atom stereocenters. The van der Waals surface area contributed by atoms with Gasteiger partial charge in [-0.05, 0) is 35.1 Å². The fraction of sp³-hybridized carbons (Fsp3) is 0.448. The minimum Gasteiger partial charge on any atom is -0.465 e. The molecule has 0 spiro atoms. The van der Waals surface area contributed by atoms with Gasteiger partial charge in [0.15, 0.2) is 5.78 Å². The van der Waals surface area contributed by atoms with Crippen LogP contribution in [-0.2, 0) is 23.9 Å². The molecule has 3 N–H and O–H groups in total. The van der Waals surface area contributed by atoms with Gasteiger partial charge in [-0.3, -0.25) is 19.2 Å². The van der Waals surface area contributed by atoms with E-state index < -0.39 is 11.4 Å². The van der Waals surface area contributed by atoms with Gasteiger partial charge in [-0.2, -0.15) is 23.5 Å². The van der Waals surface area contributed by atoms with Crippen molar-refractivity contribution in [3.05, 3.63) is 59.7 Å². The monoisotopic (exact) mass is 554 g/mol. The molecule has 2 aromatic rings. The van der Waals surface area contributed by atoms with Crippen LogP contribution in [0.5, 0.6) is 0 Å². The van der Waals surface area contributed by atoms with Crippen molar-refractivity contribution < 1.29 is 23.9 Å². The van der Waals surface area contributed by atoms with E-state index in [4.69, 9.17) is 10.5 Å². The maximum atomic E-state index is 12.5. The van der Waals surface area contributed by atoms with E-state index >= 15 is 0 Å². The Bertz CT molecular complexity index is 1130. The van der Waals surface area contributed by atoms with Gasteiger partial charge in [-0.1, -0.05) is 61.4 Å². The van der Waals surface area contributed by atoms with E-state index in [1.807, 2.05) is 24.3 Å². The van der Waals surface area contributed by atoms with E-state index in [2.05, 4.69) is 29.6 Å². The molecule has 2 aromatic carbocycles. The Morgan fingerprint density at radius 1 is 0.868 bits per heavy atom. The molecular formula is C29H34N2O5S2. The molecule has 9 heteroatoms. The Morgan fingerprint density at radius 3 is 2.00 bits per heavy atom. The zero-order chi connectivity index (χ0) is 27.0. The van der Waals surface area contributed by atoms with Crippen LogP contribution < -0.4 is 11.1 Å². The van der Waals surface area contributed by atoms with Gasteiger partial charge in [0.1, 0.15) is 12.1 Å². The molecule has 0 radical (unpaired) electrons. The second-order valence-corrected chi connectivity index (χ2v) is 11.8. The average molecular weight is 555 g/mol. The smallest absolute Gasteiger partial charge is 0.305 e. The molecule has 1 fully saturated rings. The van der Waals surface area contributed by atoms with Crippen molar-refractivity contribution in [2.24, 2.45) is 5.73 Å². The number of esters is 1. The van der Waals surface area contributed by atoms with Gasteiger partial charge in [-0.25, -0.2) is 0 Å². The number of ketones is 1. The molecule has 0 saturated carbocycles. The molecule has 4 rings (SSSR count). The van der Waals surface area contributed by atoms with Gasteiger partial charge < -0.3 is 15.8 Å². The summed E-state index contributed by atoms with van der Waals surface area (Å²) in [6, 6.07) is 16.5. The fourth-order valence-corrected chi connectivity index (χ4v) is 7.42. The number of fused-ring (bicyclic) bond motifs is 3. The number of hydrogen-bond acceptors (Lipinski definition) is 7. The standard InChI is InChI=1S/C29H34N2O5S2/c30-28(35)29(18-37-16-20(32)17-38-19-29)31-26(33)13-3-1-2-4-14-27(34)36-15-25-23-11-7-5-9-21(23)22-10-6-8-12-24(22)25/h5-12,25H,1-4,13-19H2,(H2,30,35)(H,31,33). The van der Waals surface area contributed by atoms with Crippen molar-refractivity contribution in [3.8, 4) is 11.1 Å². The number of carbonyl (C=O) groups excluding carboxylic acids is 4. The quantitative estimate of drug-likeness (QED) is 0.318. The number of carbonyl (C=O) groups is 4. The lowest BCUT2D eigenvalue weighted by Gasteiger charge is -2.32. The lowest BCUT2D eigenvalue weighted by Crippen LogP contribution is -2.61. The zero-order valence-electron chi connectivity index (χ0n) is 21.4. The predicted molar refractivity (Wildman–Crippen MR) is 152 cm³/mol. The molecule has 2 amide bonds. The number of nitrogens with two attached hydrogens (primary N) is 1. The first kappa shape index (κ1) is 28.2. The zero-order valence-corrected chi connectivity index (χ0v) is 23.0. The minimum absolute atomic E-state index is 0.0590. The molecule has 2 aliphatic rings. The highest BCUT2D eigenvalue weighted by molar-refractivity contribution is 8.02. The Hall–Kier alpha value is -2.78. The number of thioether (sulfide) groups is 2. The Kier molecular flexibility index (Phi) is 9.91. The summed E-state index contributed by atoms with van der Waals surface area (Å²) >= 11 is 2.67. The van der Waals surface area contributed by atoms with E-state index in [0.717, 1.165) is 12.8 Å². The van der Waals surface area contributed by atoms with Crippen molar-refractivity contribution in [1.29, 1.82) is 0 Å². The molecule has 7 nitrogen and oxygen atoms in total. The number of hydrogen-bond donors (Lipinski definition) is 2. The van der Waals surface area contributed by atoms with Gasteiger partial charge in [0, 0.05) is 30.3 Å². The number of rotatable bonds is 11. The molecule has 1 aliphatic heterocycles. The first-order valence-corrected chi connectivity index (χ1v) is 15.3. The summed E-state index contributed by atoms with van der Waals surface area (Å²) in [7, 11) is 0. The molecule has 1 heterocycles. The highest BCUT2D eigenvalue weighted by Crippen LogP contribution is 2.44. The number of unbranched alkanes of at least 4 members (excludes halogenated alkanes) is 3. The summed E-state index contributed by atoms with van der Waals surface area (Å²) < 4.78 is 5.66. The van der Waals surface area contributed by atoms with E-state index in [1.54, 1.807) is 0 Å². The Balaban J connectivity index is 1.14. The number of Topliss-reactive ketones (excluding diaryl/α,β-unsaturated/α-hetero) is 1. The van der Waals surface area contributed by atoms with Gasteiger partial charge >= 0.3 is 5.97 Å². The van der Waals surface area contributed by atoms with Crippen LogP contribution in [0.25, 0.3) is 11.1 Å². The second kappa shape index (κ2) is 13.3. The summed E-state index contributed by atoms with van der Waals surface area (Å²) in [5.74, 6) is 0.442. The van der Waals surface area contributed by atoms with E-state index in [0.29, 0.717) is 48.9 Å². The van der Waals surface area contributed by atoms with Crippen LogP contribution in [0.4, 0.5) is 0 Å². The molecule has 0 aromatic heterocycles.